The van der Waals surface area contributed by atoms with Gasteiger partial charge in [-0.1, -0.05) is 20.8 Å². The summed E-state index contributed by atoms with van der Waals surface area (Å²) in [4.78, 5) is 3.98. The van der Waals surface area contributed by atoms with Crippen LogP contribution in [0.25, 0.3) is 0 Å². The lowest BCUT2D eigenvalue weighted by atomic mass is 9.73. The summed E-state index contributed by atoms with van der Waals surface area (Å²) in [6.07, 6.45) is 3.24. The average Bonchev–Trinajstić information content (AvgIpc) is 2.15. The fourth-order valence-electron chi connectivity index (χ4n) is 1.70. The van der Waals surface area contributed by atoms with E-state index in [1.165, 1.54) is 0 Å². The number of nitrogens with zero attached hydrogens (tertiary/aromatic N) is 1. The number of alkyl halides is 1. The summed E-state index contributed by atoms with van der Waals surface area (Å²) in [6, 6.07) is 1.81. The van der Waals surface area contributed by atoms with E-state index in [1.54, 1.807) is 12.4 Å². The predicted octanol–water partition coefficient (Wildman–Crippen LogP) is 2.56. The van der Waals surface area contributed by atoms with Gasteiger partial charge in [0.25, 0.3) is 0 Å². The minimum Gasteiger partial charge on any atom is -0.327 e. The fourth-order valence-corrected chi connectivity index (χ4v) is 1.70. The highest BCUT2D eigenvalue weighted by molar-refractivity contribution is 5.30. The van der Waals surface area contributed by atoms with Crippen LogP contribution in [0.4, 0.5) is 4.39 Å². The van der Waals surface area contributed by atoms with E-state index in [1.807, 2.05) is 33.8 Å². The summed E-state index contributed by atoms with van der Waals surface area (Å²) >= 11 is 0. The molecule has 3 heteroatoms. The molecule has 0 aliphatic carbocycles. The molecule has 1 aromatic rings. The lowest BCUT2D eigenvalue weighted by Gasteiger charge is -2.37. The first kappa shape index (κ1) is 12.1. The van der Waals surface area contributed by atoms with Gasteiger partial charge in [-0.15, -0.1) is 0 Å². The third kappa shape index (κ3) is 2.02. The van der Waals surface area contributed by atoms with E-state index in [0.717, 1.165) is 5.56 Å². The van der Waals surface area contributed by atoms with Crippen molar-refractivity contribution in [2.24, 2.45) is 11.1 Å². The Morgan fingerprint density at radius 2 is 2.00 bits per heavy atom. The van der Waals surface area contributed by atoms with Crippen LogP contribution in [0.1, 0.15) is 31.9 Å². The molecule has 1 rings (SSSR count). The van der Waals surface area contributed by atoms with E-state index in [9.17, 15) is 4.39 Å². The van der Waals surface area contributed by atoms with Gasteiger partial charge in [-0.3, -0.25) is 4.98 Å². The van der Waals surface area contributed by atoms with Crippen LogP contribution in [0.3, 0.4) is 0 Å². The van der Waals surface area contributed by atoms with Gasteiger partial charge in [0, 0.05) is 29.9 Å². The molecule has 1 heterocycles. The molecular formula is C12H19FN2. The summed E-state index contributed by atoms with van der Waals surface area (Å²) in [5, 5.41) is 0. The van der Waals surface area contributed by atoms with Gasteiger partial charge in [0.1, 0.15) is 0 Å². The molecule has 0 spiro atoms. The summed E-state index contributed by atoms with van der Waals surface area (Å²) in [6.45, 7) is 7.42. The number of rotatable bonds is 2. The minimum absolute atomic E-state index is 0.0248. The number of aromatic nitrogens is 1. The molecule has 0 fully saturated rings. The topological polar surface area (TPSA) is 38.9 Å². The van der Waals surface area contributed by atoms with Crippen molar-refractivity contribution >= 4 is 0 Å². The van der Waals surface area contributed by atoms with Crippen molar-refractivity contribution in [3.05, 3.63) is 29.6 Å². The second-order valence-corrected chi connectivity index (χ2v) is 4.95. The van der Waals surface area contributed by atoms with Gasteiger partial charge in [0.15, 0.2) is 5.67 Å². The number of hydrogen-bond acceptors (Lipinski definition) is 2. The van der Waals surface area contributed by atoms with Crippen molar-refractivity contribution in [2.75, 3.05) is 6.54 Å². The van der Waals surface area contributed by atoms with Crippen LogP contribution in [0.5, 0.6) is 0 Å². The van der Waals surface area contributed by atoms with E-state index in [4.69, 9.17) is 5.73 Å². The van der Waals surface area contributed by atoms with Crippen LogP contribution >= 0.6 is 0 Å². The second kappa shape index (κ2) is 3.89. The molecule has 2 N–H and O–H groups in total. The normalized spacial score (nSPS) is 16.1. The first-order valence-corrected chi connectivity index (χ1v) is 5.13. The average molecular weight is 210 g/mol. The molecule has 0 bridgehead atoms. The molecule has 1 aromatic heterocycles. The smallest absolute Gasteiger partial charge is 0.154 e. The lowest BCUT2D eigenvalue weighted by molar-refractivity contribution is 0.0333. The largest absolute Gasteiger partial charge is 0.327 e. The fraction of sp³-hybridized carbons (Fsp3) is 0.583. The van der Waals surface area contributed by atoms with Gasteiger partial charge in [-0.25, -0.2) is 4.39 Å². The van der Waals surface area contributed by atoms with E-state index in [-0.39, 0.29) is 6.54 Å². The van der Waals surface area contributed by atoms with Gasteiger partial charge in [-0.2, -0.15) is 0 Å². The van der Waals surface area contributed by atoms with Crippen molar-refractivity contribution in [3.8, 4) is 0 Å². The standard InChI is InChI=1S/C12H19FN2/c1-9-5-6-15-7-10(9)12(13,8-14)11(2,3)4/h5-7H,8,14H2,1-4H3. The molecule has 0 aliphatic heterocycles. The van der Waals surface area contributed by atoms with E-state index in [0.29, 0.717) is 5.56 Å². The van der Waals surface area contributed by atoms with Crippen molar-refractivity contribution in [1.82, 2.24) is 4.98 Å². The number of nitrogens with two attached hydrogens (primary N) is 1. The minimum atomic E-state index is -1.52. The van der Waals surface area contributed by atoms with E-state index in [2.05, 4.69) is 4.98 Å². The van der Waals surface area contributed by atoms with Crippen molar-refractivity contribution < 1.29 is 4.39 Å². The van der Waals surface area contributed by atoms with E-state index >= 15 is 0 Å². The number of pyridine rings is 1. The maximum Gasteiger partial charge on any atom is 0.154 e. The molecule has 0 saturated heterocycles. The zero-order valence-electron chi connectivity index (χ0n) is 9.84. The molecule has 1 unspecified atom stereocenters. The molecule has 0 aromatic carbocycles. The highest BCUT2D eigenvalue weighted by atomic mass is 19.1. The zero-order valence-corrected chi connectivity index (χ0v) is 9.84. The molecule has 1 atom stereocenters. The molecule has 0 radical (unpaired) electrons. The highest BCUT2D eigenvalue weighted by Crippen LogP contribution is 2.42. The number of halogens is 1. The van der Waals surface area contributed by atoms with Gasteiger partial charge in [0.2, 0.25) is 0 Å². The maximum absolute atomic E-state index is 14.9. The SMILES string of the molecule is Cc1ccncc1C(F)(CN)C(C)(C)C. The molecule has 15 heavy (non-hydrogen) atoms. The van der Waals surface area contributed by atoms with Crippen LogP contribution < -0.4 is 5.73 Å². The monoisotopic (exact) mass is 210 g/mol. The van der Waals surface area contributed by atoms with Gasteiger partial charge < -0.3 is 5.73 Å². The van der Waals surface area contributed by atoms with Crippen molar-refractivity contribution in [1.29, 1.82) is 0 Å². The van der Waals surface area contributed by atoms with Gasteiger partial charge >= 0.3 is 0 Å². The van der Waals surface area contributed by atoms with Crippen LogP contribution in [0.2, 0.25) is 0 Å². The lowest BCUT2D eigenvalue weighted by Crippen LogP contribution is -2.43. The predicted molar refractivity (Wildman–Crippen MR) is 60.3 cm³/mol. The third-order valence-corrected chi connectivity index (χ3v) is 2.94. The Labute approximate surface area is 90.7 Å². The van der Waals surface area contributed by atoms with Crippen LogP contribution in [0, 0.1) is 12.3 Å². The van der Waals surface area contributed by atoms with Gasteiger partial charge in [-0.05, 0) is 18.6 Å². The molecule has 84 valence electrons. The Bertz CT molecular complexity index is 344. The second-order valence-electron chi connectivity index (χ2n) is 4.95. The highest BCUT2D eigenvalue weighted by Gasteiger charge is 2.43. The van der Waals surface area contributed by atoms with Crippen LogP contribution in [0.15, 0.2) is 18.5 Å². The first-order valence-electron chi connectivity index (χ1n) is 5.13. The Morgan fingerprint density at radius 1 is 1.40 bits per heavy atom. The van der Waals surface area contributed by atoms with Crippen LogP contribution in [-0.2, 0) is 5.67 Å². The van der Waals surface area contributed by atoms with Crippen molar-refractivity contribution in [3.63, 3.8) is 0 Å². The Balaban J connectivity index is 3.30. The van der Waals surface area contributed by atoms with E-state index < -0.39 is 11.1 Å². The molecule has 0 amide bonds. The summed E-state index contributed by atoms with van der Waals surface area (Å²) in [7, 11) is 0. The van der Waals surface area contributed by atoms with Crippen LogP contribution in [-0.4, -0.2) is 11.5 Å². The molecular weight excluding hydrogens is 191 g/mol. The molecule has 2 nitrogen and oxygen atoms in total. The van der Waals surface area contributed by atoms with Gasteiger partial charge in [0.05, 0.1) is 0 Å². The quantitative estimate of drug-likeness (QED) is 0.814. The molecule has 0 saturated carbocycles. The Kier molecular flexibility index (Phi) is 3.14. The third-order valence-electron chi connectivity index (χ3n) is 2.94. The van der Waals surface area contributed by atoms with Crippen molar-refractivity contribution in [2.45, 2.75) is 33.4 Å². The number of aryl methyl sites for hydroxylation is 1. The molecule has 0 aliphatic rings. The summed E-state index contributed by atoms with van der Waals surface area (Å²) in [5.41, 5.74) is 5.03. The summed E-state index contributed by atoms with van der Waals surface area (Å²) in [5.74, 6) is 0. The maximum atomic E-state index is 14.9. The number of hydrogen-bond donors (Lipinski definition) is 1. The summed E-state index contributed by atoms with van der Waals surface area (Å²) < 4.78 is 14.9. The Morgan fingerprint density at radius 3 is 2.40 bits per heavy atom. The zero-order chi connectivity index (χ0) is 11.7. The Hall–Kier alpha value is -0.960. The first-order chi connectivity index (χ1) is 6.83.